The summed E-state index contributed by atoms with van der Waals surface area (Å²) >= 11 is 0. The van der Waals surface area contributed by atoms with Crippen LogP contribution in [0.1, 0.15) is 65.3 Å². The Morgan fingerprint density at radius 3 is 2.45 bits per heavy atom. The van der Waals surface area contributed by atoms with Gasteiger partial charge in [-0.05, 0) is 29.5 Å². The van der Waals surface area contributed by atoms with Crippen LogP contribution in [-0.4, -0.2) is 27.4 Å². The number of hydrogen-bond donors (Lipinski definition) is 2. The Kier molecular flexibility index (Phi) is 8.00. The van der Waals surface area contributed by atoms with Gasteiger partial charge in [-0.1, -0.05) is 53.7 Å². The molecule has 0 spiro atoms. The molecule has 6 nitrogen and oxygen atoms in total. The maximum Gasteiger partial charge on any atom is 0.247 e. The molecule has 1 aromatic carbocycles. The fourth-order valence-electron chi connectivity index (χ4n) is 3.26. The summed E-state index contributed by atoms with van der Waals surface area (Å²) in [4.78, 5) is 29.4. The molecule has 158 valence electrons. The van der Waals surface area contributed by atoms with Crippen molar-refractivity contribution in [2.24, 2.45) is 11.8 Å². The second-order valence-electron chi connectivity index (χ2n) is 8.64. The first-order chi connectivity index (χ1) is 13.7. The van der Waals surface area contributed by atoms with Crippen molar-refractivity contribution in [2.75, 3.05) is 5.32 Å². The molecule has 1 heterocycles. The van der Waals surface area contributed by atoms with Gasteiger partial charge in [0.05, 0.1) is 0 Å². The van der Waals surface area contributed by atoms with Crippen LogP contribution in [0.15, 0.2) is 36.7 Å². The quantitative estimate of drug-likeness (QED) is 0.665. The molecule has 1 atom stereocenters. The molecule has 0 aliphatic rings. The minimum Gasteiger partial charge on any atom is -0.344 e. The highest BCUT2D eigenvalue weighted by molar-refractivity contribution is 5.97. The summed E-state index contributed by atoms with van der Waals surface area (Å²) in [5.74, 6) is 1.33. The summed E-state index contributed by atoms with van der Waals surface area (Å²) in [6, 6.07) is 7.23. The van der Waals surface area contributed by atoms with Crippen molar-refractivity contribution < 1.29 is 9.59 Å². The minimum absolute atomic E-state index is 0.00570. The van der Waals surface area contributed by atoms with E-state index in [0.29, 0.717) is 18.9 Å². The highest BCUT2D eigenvalue weighted by Gasteiger charge is 2.24. The van der Waals surface area contributed by atoms with Crippen LogP contribution < -0.4 is 10.6 Å². The average Bonchev–Trinajstić information content (AvgIpc) is 3.07. The summed E-state index contributed by atoms with van der Waals surface area (Å²) in [7, 11) is 0. The molecule has 0 saturated carbocycles. The van der Waals surface area contributed by atoms with Gasteiger partial charge in [-0.25, -0.2) is 4.98 Å². The third kappa shape index (κ3) is 6.73. The molecule has 0 aliphatic carbocycles. The second kappa shape index (κ2) is 10.2. The van der Waals surface area contributed by atoms with E-state index < -0.39 is 6.04 Å². The number of rotatable bonds is 9. The lowest BCUT2D eigenvalue weighted by Gasteiger charge is -2.22. The number of benzene rings is 1. The van der Waals surface area contributed by atoms with Gasteiger partial charge in [-0.3, -0.25) is 9.59 Å². The lowest BCUT2D eigenvalue weighted by atomic mass is 10.0. The topological polar surface area (TPSA) is 76.0 Å². The van der Waals surface area contributed by atoms with Gasteiger partial charge in [0, 0.05) is 37.0 Å². The first-order valence-electron chi connectivity index (χ1n) is 10.4. The van der Waals surface area contributed by atoms with Gasteiger partial charge in [0.1, 0.15) is 11.9 Å². The summed E-state index contributed by atoms with van der Waals surface area (Å²) in [6.07, 6.45) is 4.20. The van der Waals surface area contributed by atoms with Gasteiger partial charge in [-0.15, -0.1) is 0 Å². The summed E-state index contributed by atoms with van der Waals surface area (Å²) in [5.41, 5.74) is 1.80. The van der Waals surface area contributed by atoms with Crippen LogP contribution >= 0.6 is 0 Å². The molecule has 1 aromatic heterocycles. The molecule has 0 fully saturated rings. The molecule has 2 amide bonds. The molecule has 1 unspecified atom stereocenters. The van der Waals surface area contributed by atoms with Crippen LogP contribution in [0.25, 0.3) is 0 Å². The van der Waals surface area contributed by atoms with Crippen molar-refractivity contribution in [2.45, 2.75) is 66.5 Å². The highest BCUT2D eigenvalue weighted by atomic mass is 16.2. The number of carbonyl (C=O) groups excluding carboxylic acids is 2. The summed E-state index contributed by atoms with van der Waals surface area (Å²) in [5, 5.41) is 5.84. The predicted molar refractivity (Wildman–Crippen MR) is 117 cm³/mol. The van der Waals surface area contributed by atoms with E-state index in [4.69, 9.17) is 0 Å². The zero-order valence-electron chi connectivity index (χ0n) is 18.4. The van der Waals surface area contributed by atoms with Crippen molar-refractivity contribution in [1.29, 1.82) is 0 Å². The van der Waals surface area contributed by atoms with Gasteiger partial charge >= 0.3 is 0 Å². The number of nitrogens with one attached hydrogen (secondary N) is 2. The number of aromatic nitrogens is 2. The second-order valence-corrected chi connectivity index (χ2v) is 8.64. The van der Waals surface area contributed by atoms with E-state index in [1.54, 1.807) is 0 Å². The van der Waals surface area contributed by atoms with E-state index in [9.17, 15) is 9.59 Å². The summed E-state index contributed by atoms with van der Waals surface area (Å²) in [6.45, 7) is 12.8. The van der Waals surface area contributed by atoms with Crippen LogP contribution in [0.5, 0.6) is 0 Å². The van der Waals surface area contributed by atoms with E-state index in [-0.39, 0.29) is 23.7 Å². The first kappa shape index (κ1) is 22.7. The molecule has 2 rings (SSSR count). The highest BCUT2D eigenvalue weighted by Crippen LogP contribution is 2.17. The van der Waals surface area contributed by atoms with Gasteiger partial charge in [0.15, 0.2) is 0 Å². The lowest BCUT2D eigenvalue weighted by Crippen LogP contribution is -2.47. The smallest absolute Gasteiger partial charge is 0.247 e. The maximum atomic E-state index is 12.8. The zero-order chi connectivity index (χ0) is 21.6. The first-order valence-corrected chi connectivity index (χ1v) is 10.4. The number of imidazole rings is 1. The van der Waals surface area contributed by atoms with E-state index in [0.717, 1.165) is 17.1 Å². The predicted octanol–water partition coefficient (Wildman–Crippen LogP) is 4.18. The Bertz CT molecular complexity index is 824. The molecule has 2 N–H and O–H groups in total. The zero-order valence-corrected chi connectivity index (χ0v) is 18.4. The maximum absolute atomic E-state index is 12.8. The molecule has 0 saturated heterocycles. The van der Waals surface area contributed by atoms with Crippen LogP contribution in [0.4, 0.5) is 5.69 Å². The largest absolute Gasteiger partial charge is 0.344 e. The standard InChI is InChI=1S/C23H34N4O2/c1-15(2)12-20(28)26-21(16(3)4)23(29)25-19-9-7-8-18(13-19)14-27-11-10-24-22(27)17(5)6/h7-11,13,15-17,21H,12,14H2,1-6H3,(H,25,29)(H,26,28). The Balaban J connectivity index is 2.08. The van der Waals surface area contributed by atoms with Crippen molar-refractivity contribution >= 4 is 17.5 Å². The van der Waals surface area contributed by atoms with E-state index >= 15 is 0 Å². The van der Waals surface area contributed by atoms with Crippen molar-refractivity contribution in [3.05, 3.63) is 48.0 Å². The molecule has 0 radical (unpaired) electrons. The third-order valence-electron chi connectivity index (χ3n) is 4.67. The van der Waals surface area contributed by atoms with Crippen LogP contribution in [0.3, 0.4) is 0 Å². The SMILES string of the molecule is CC(C)CC(=O)NC(C(=O)Nc1cccc(Cn2ccnc2C(C)C)c1)C(C)C. The molecular weight excluding hydrogens is 364 g/mol. The van der Waals surface area contributed by atoms with E-state index in [2.05, 4.69) is 34.0 Å². The van der Waals surface area contributed by atoms with Crippen LogP contribution in [-0.2, 0) is 16.1 Å². The fraction of sp³-hybridized carbons (Fsp3) is 0.522. The van der Waals surface area contributed by atoms with Gasteiger partial charge < -0.3 is 15.2 Å². The van der Waals surface area contributed by atoms with Gasteiger partial charge in [0.2, 0.25) is 11.8 Å². The van der Waals surface area contributed by atoms with E-state index in [1.165, 1.54) is 0 Å². The molecule has 0 bridgehead atoms. The van der Waals surface area contributed by atoms with Gasteiger partial charge in [-0.2, -0.15) is 0 Å². The Labute approximate surface area is 174 Å². The molecule has 6 heteroatoms. The lowest BCUT2D eigenvalue weighted by molar-refractivity contribution is -0.127. The molecule has 0 aliphatic heterocycles. The number of carbonyl (C=O) groups is 2. The van der Waals surface area contributed by atoms with Crippen LogP contribution in [0, 0.1) is 11.8 Å². The van der Waals surface area contributed by atoms with E-state index in [1.807, 2.05) is 64.4 Å². The Hall–Kier alpha value is -2.63. The Morgan fingerprint density at radius 1 is 1.10 bits per heavy atom. The number of nitrogens with zero attached hydrogens (tertiary/aromatic N) is 2. The number of amides is 2. The fourth-order valence-corrected chi connectivity index (χ4v) is 3.26. The minimum atomic E-state index is -0.564. The average molecular weight is 399 g/mol. The number of anilines is 1. The van der Waals surface area contributed by atoms with Gasteiger partial charge in [0.25, 0.3) is 0 Å². The van der Waals surface area contributed by atoms with Crippen molar-refractivity contribution in [1.82, 2.24) is 14.9 Å². The van der Waals surface area contributed by atoms with Crippen LogP contribution in [0.2, 0.25) is 0 Å². The molecule has 29 heavy (non-hydrogen) atoms. The van der Waals surface area contributed by atoms with Crippen molar-refractivity contribution in [3.63, 3.8) is 0 Å². The molecular formula is C23H34N4O2. The Morgan fingerprint density at radius 2 is 1.83 bits per heavy atom. The normalized spacial score (nSPS) is 12.4. The monoisotopic (exact) mass is 398 g/mol. The number of hydrogen-bond acceptors (Lipinski definition) is 3. The van der Waals surface area contributed by atoms with Crippen molar-refractivity contribution in [3.8, 4) is 0 Å². The third-order valence-corrected chi connectivity index (χ3v) is 4.67. The molecule has 2 aromatic rings. The summed E-state index contributed by atoms with van der Waals surface area (Å²) < 4.78 is 2.12.